The Morgan fingerprint density at radius 3 is 2.39 bits per heavy atom. The molecule has 36 heavy (non-hydrogen) atoms. The summed E-state index contributed by atoms with van der Waals surface area (Å²) in [5, 5.41) is 0. The Labute approximate surface area is 210 Å². The highest BCUT2D eigenvalue weighted by atomic mass is 32.2. The summed E-state index contributed by atoms with van der Waals surface area (Å²) in [4.78, 5) is 23.3. The summed E-state index contributed by atoms with van der Waals surface area (Å²) in [6.45, 7) is 2.03. The van der Waals surface area contributed by atoms with Crippen molar-refractivity contribution in [2.45, 2.75) is 55.6 Å². The van der Waals surface area contributed by atoms with Crippen LogP contribution in [0.25, 0.3) is 33.7 Å². The Hall–Kier alpha value is -3.07. The third-order valence-electron chi connectivity index (χ3n) is 6.94. The highest BCUT2D eigenvalue weighted by molar-refractivity contribution is 7.99. The fraction of sp³-hybridized carbons (Fsp3) is 0.370. The number of alkyl halides is 3. The number of thioether (sulfide) groups is 1. The third-order valence-corrected chi connectivity index (χ3v) is 7.85. The number of pyridine rings is 2. The first kappa shape index (κ1) is 23.3. The number of fused-ring (bicyclic) bond motifs is 1. The molecule has 5 nitrogen and oxygen atoms in total. The van der Waals surface area contributed by atoms with Crippen LogP contribution in [-0.2, 0) is 13.2 Å². The number of benzene rings is 1. The van der Waals surface area contributed by atoms with Crippen molar-refractivity contribution >= 4 is 22.8 Å². The highest BCUT2D eigenvalue weighted by Gasteiger charge is 2.40. The number of imidazole rings is 1. The van der Waals surface area contributed by atoms with E-state index in [0.29, 0.717) is 30.3 Å². The van der Waals surface area contributed by atoms with Crippen LogP contribution >= 0.6 is 11.8 Å². The number of aryl methyl sites for hydroxylation is 1. The molecule has 2 aliphatic carbocycles. The van der Waals surface area contributed by atoms with Gasteiger partial charge in [-0.3, -0.25) is 14.3 Å². The summed E-state index contributed by atoms with van der Waals surface area (Å²) in [6, 6.07) is 11.2. The lowest BCUT2D eigenvalue weighted by Crippen LogP contribution is -2.28. The van der Waals surface area contributed by atoms with Crippen LogP contribution in [0.1, 0.15) is 55.8 Å². The number of nitrogens with zero attached hydrogens (tertiary/aromatic N) is 4. The number of halogens is 3. The Kier molecular flexibility index (Phi) is 5.51. The number of hydrogen-bond acceptors (Lipinski definition) is 4. The molecule has 0 amide bonds. The minimum absolute atomic E-state index is 0.0377. The van der Waals surface area contributed by atoms with Crippen molar-refractivity contribution in [1.29, 1.82) is 0 Å². The first-order valence-electron chi connectivity index (χ1n) is 12.2. The molecule has 0 radical (unpaired) electrons. The van der Waals surface area contributed by atoms with Gasteiger partial charge < -0.3 is 4.57 Å². The zero-order valence-corrected chi connectivity index (χ0v) is 20.8. The number of aromatic nitrogens is 4. The van der Waals surface area contributed by atoms with Crippen molar-refractivity contribution in [1.82, 2.24) is 19.1 Å². The predicted octanol–water partition coefficient (Wildman–Crippen LogP) is 6.81. The average Bonchev–Trinajstić information content (AvgIpc) is 3.77. The van der Waals surface area contributed by atoms with Crippen molar-refractivity contribution in [3.05, 3.63) is 64.2 Å². The van der Waals surface area contributed by atoms with E-state index in [2.05, 4.69) is 29.2 Å². The molecule has 4 aromatic rings. The van der Waals surface area contributed by atoms with E-state index in [1.165, 1.54) is 18.4 Å². The Bertz CT molecular complexity index is 1530. The van der Waals surface area contributed by atoms with Crippen molar-refractivity contribution in [3.63, 3.8) is 0 Å². The van der Waals surface area contributed by atoms with E-state index in [9.17, 15) is 18.0 Å². The second kappa shape index (κ2) is 8.50. The molecule has 0 N–H and O–H groups in total. The molecule has 186 valence electrons. The van der Waals surface area contributed by atoms with E-state index in [0.717, 1.165) is 32.4 Å². The van der Waals surface area contributed by atoms with Crippen molar-refractivity contribution in [2.24, 2.45) is 7.05 Å². The number of hydrogen-bond donors (Lipinski definition) is 0. The van der Waals surface area contributed by atoms with Gasteiger partial charge >= 0.3 is 6.18 Å². The van der Waals surface area contributed by atoms with E-state index in [-0.39, 0.29) is 11.0 Å². The lowest BCUT2D eigenvalue weighted by Gasteiger charge is -2.15. The van der Waals surface area contributed by atoms with E-state index in [1.54, 1.807) is 29.6 Å². The Balaban J connectivity index is 1.47. The molecule has 0 unspecified atom stereocenters. The quantitative estimate of drug-likeness (QED) is 0.268. The average molecular weight is 511 g/mol. The van der Waals surface area contributed by atoms with Gasteiger partial charge in [0.05, 0.1) is 5.52 Å². The lowest BCUT2D eigenvalue weighted by atomic mass is 10.0. The molecule has 0 atom stereocenters. The molecule has 9 heteroatoms. The molecule has 2 aliphatic rings. The molecule has 6 rings (SSSR count). The van der Waals surface area contributed by atoms with Crippen LogP contribution in [-0.4, -0.2) is 24.9 Å². The monoisotopic (exact) mass is 510 g/mol. The van der Waals surface area contributed by atoms with E-state index >= 15 is 0 Å². The van der Waals surface area contributed by atoms with Crippen LogP contribution in [0.3, 0.4) is 0 Å². The minimum Gasteiger partial charge on any atom is -0.321 e. The smallest absolute Gasteiger partial charge is 0.321 e. The molecule has 2 fully saturated rings. The number of rotatable bonds is 6. The second-order valence-electron chi connectivity index (χ2n) is 9.56. The molecule has 3 aromatic heterocycles. The zero-order chi connectivity index (χ0) is 25.2. The maximum atomic E-state index is 13.8. The largest absolute Gasteiger partial charge is 0.431 e. The van der Waals surface area contributed by atoms with Gasteiger partial charge in [-0.15, -0.1) is 11.8 Å². The summed E-state index contributed by atoms with van der Waals surface area (Å²) in [5.74, 6) is 1.86. The van der Waals surface area contributed by atoms with Crippen LogP contribution in [0.5, 0.6) is 0 Å². The molecule has 0 saturated heterocycles. The third kappa shape index (κ3) is 4.03. The zero-order valence-electron chi connectivity index (χ0n) is 20.0. The van der Waals surface area contributed by atoms with Crippen LogP contribution < -0.4 is 5.56 Å². The lowest BCUT2D eigenvalue weighted by molar-refractivity contribution is -0.144. The Morgan fingerprint density at radius 1 is 1.06 bits per heavy atom. The van der Waals surface area contributed by atoms with Crippen LogP contribution in [0, 0.1) is 0 Å². The summed E-state index contributed by atoms with van der Waals surface area (Å²) in [7, 11) is 1.67. The molecule has 0 aliphatic heterocycles. The topological polar surface area (TPSA) is 52.7 Å². The van der Waals surface area contributed by atoms with Crippen LogP contribution in [0.15, 0.2) is 52.3 Å². The summed E-state index contributed by atoms with van der Waals surface area (Å²) in [6.07, 6.45) is 0.778. The van der Waals surface area contributed by atoms with Crippen molar-refractivity contribution in [3.8, 4) is 22.6 Å². The van der Waals surface area contributed by atoms with Gasteiger partial charge in [0.1, 0.15) is 16.9 Å². The first-order chi connectivity index (χ1) is 17.3. The standard InChI is InChI=1S/C27H25F3N4OS/c1-3-36-21-12-18(17-8-6-16(7-9-17)15-4-5-15)14-31-23(21)25-32-20-13-22(27(28,29)30)34(19-10-11-19)26(35)24(20)33(25)2/h6-9,12-15,19H,3-5,10-11H2,1-2H3. The molecule has 3 heterocycles. The second-order valence-corrected chi connectivity index (χ2v) is 10.9. The van der Waals surface area contributed by atoms with E-state index < -0.39 is 23.5 Å². The normalized spacial score (nSPS) is 16.1. The maximum absolute atomic E-state index is 13.8. The Morgan fingerprint density at radius 2 is 1.78 bits per heavy atom. The SMILES string of the molecule is CCSc1cc(-c2ccc(C3CC3)cc2)cnc1-c1nc2cc(C(F)(F)F)n(C3CC3)c(=O)c2n1C. The van der Waals surface area contributed by atoms with Gasteiger partial charge in [-0.1, -0.05) is 31.2 Å². The maximum Gasteiger partial charge on any atom is 0.431 e. The minimum atomic E-state index is -4.63. The van der Waals surface area contributed by atoms with Gasteiger partial charge in [0, 0.05) is 29.7 Å². The summed E-state index contributed by atoms with van der Waals surface area (Å²) >= 11 is 1.59. The van der Waals surface area contributed by atoms with Gasteiger partial charge in [0.25, 0.3) is 5.56 Å². The van der Waals surface area contributed by atoms with Gasteiger partial charge in [-0.05, 0) is 60.6 Å². The highest BCUT2D eigenvalue weighted by Crippen LogP contribution is 2.42. The van der Waals surface area contributed by atoms with Crippen molar-refractivity contribution in [2.75, 3.05) is 5.75 Å². The molecule has 0 bridgehead atoms. The van der Waals surface area contributed by atoms with Gasteiger partial charge in [-0.2, -0.15) is 13.2 Å². The van der Waals surface area contributed by atoms with E-state index in [1.807, 2.05) is 13.0 Å². The molecule has 0 spiro atoms. The van der Waals surface area contributed by atoms with Gasteiger partial charge in [-0.25, -0.2) is 4.98 Å². The van der Waals surface area contributed by atoms with Crippen LogP contribution in [0.4, 0.5) is 13.2 Å². The molecule has 2 saturated carbocycles. The van der Waals surface area contributed by atoms with E-state index in [4.69, 9.17) is 4.98 Å². The fourth-order valence-corrected chi connectivity index (χ4v) is 5.62. The van der Waals surface area contributed by atoms with Crippen molar-refractivity contribution < 1.29 is 13.2 Å². The fourth-order valence-electron chi connectivity index (χ4n) is 4.82. The summed E-state index contributed by atoms with van der Waals surface area (Å²) < 4.78 is 43.9. The first-order valence-corrected chi connectivity index (χ1v) is 13.2. The van der Waals surface area contributed by atoms with Crippen LogP contribution in [0.2, 0.25) is 0 Å². The van der Waals surface area contributed by atoms with Gasteiger partial charge in [0.15, 0.2) is 5.82 Å². The summed E-state index contributed by atoms with van der Waals surface area (Å²) in [5.41, 5.74) is 2.56. The predicted molar refractivity (Wildman–Crippen MR) is 135 cm³/mol. The molecular formula is C27H25F3N4OS. The molecule has 1 aromatic carbocycles. The molecular weight excluding hydrogens is 485 g/mol. The van der Waals surface area contributed by atoms with Gasteiger partial charge in [0.2, 0.25) is 0 Å².